The Labute approximate surface area is 468 Å². The van der Waals surface area contributed by atoms with Gasteiger partial charge in [-0.05, 0) is 207 Å². The largest absolute Gasteiger partial charge is 0.481 e. The van der Waals surface area contributed by atoms with Crippen molar-refractivity contribution in [2.75, 3.05) is 13.1 Å². The third-order valence-corrected chi connectivity index (χ3v) is 20.9. The normalized spacial score (nSPS) is 30.7. The van der Waals surface area contributed by atoms with E-state index < -0.39 is 33.8 Å². The number of ether oxygens (including phenoxy) is 1. The van der Waals surface area contributed by atoms with Crippen molar-refractivity contribution >= 4 is 29.7 Å². The summed E-state index contributed by atoms with van der Waals surface area (Å²) in [6.07, 6.45) is 14.9. The van der Waals surface area contributed by atoms with Crippen molar-refractivity contribution < 1.29 is 38.9 Å². The molecule has 10 heteroatoms. The zero-order valence-corrected chi connectivity index (χ0v) is 50.5. The molecule has 3 aromatic carbocycles. The number of rotatable bonds is 10. The fraction of sp³-hybridized carbons (Fsp3) is 0.662. The van der Waals surface area contributed by atoms with Crippen LogP contribution in [0, 0.1) is 34.0 Å². The molecule has 0 aliphatic heterocycles. The molecule has 0 spiro atoms. The smallest absolute Gasteiger partial charge is 0.325 e. The van der Waals surface area contributed by atoms with Crippen molar-refractivity contribution in [1.82, 2.24) is 10.6 Å². The monoisotopic (exact) mass is 1070 g/mol. The van der Waals surface area contributed by atoms with E-state index in [-0.39, 0.29) is 64.9 Å². The molecule has 9 atom stereocenters. The van der Waals surface area contributed by atoms with E-state index in [4.69, 9.17) is 9.84 Å². The van der Waals surface area contributed by atoms with Gasteiger partial charge in [0.15, 0.2) is 0 Å². The predicted octanol–water partition coefficient (Wildman–Crippen LogP) is 14.2. The van der Waals surface area contributed by atoms with Crippen LogP contribution in [0.1, 0.15) is 249 Å². The molecule has 10 nitrogen and oxygen atoms in total. The summed E-state index contributed by atoms with van der Waals surface area (Å²) in [7, 11) is 0. The molecule has 428 valence electrons. The van der Waals surface area contributed by atoms with Crippen molar-refractivity contribution in [3.63, 3.8) is 0 Å². The second-order valence-corrected chi connectivity index (χ2v) is 28.2. The molecule has 0 unspecified atom stereocenters. The van der Waals surface area contributed by atoms with Crippen LogP contribution in [0.25, 0.3) is 0 Å². The molecule has 3 aromatic rings. The van der Waals surface area contributed by atoms with Crippen molar-refractivity contribution in [3.8, 4) is 0 Å². The molecule has 6 aliphatic rings. The van der Waals surface area contributed by atoms with Crippen LogP contribution in [0.5, 0.6) is 0 Å². The number of carboxylic acids is 2. The van der Waals surface area contributed by atoms with Gasteiger partial charge in [0.05, 0.1) is 16.2 Å². The number of carbonyl (C=O) groups is 5. The van der Waals surface area contributed by atoms with Gasteiger partial charge in [0.1, 0.15) is 18.7 Å². The molecular formula is C68H98N2O8. The molecular weight excluding hydrogens is 973 g/mol. The Morgan fingerprint density at radius 3 is 1.14 bits per heavy atom. The fourth-order valence-electron chi connectivity index (χ4n) is 16.5. The van der Waals surface area contributed by atoms with Crippen molar-refractivity contribution in [2.45, 2.75) is 240 Å². The summed E-state index contributed by atoms with van der Waals surface area (Å²) in [6.45, 7) is 31.6. The number of benzene rings is 3. The van der Waals surface area contributed by atoms with Gasteiger partial charge >= 0.3 is 17.9 Å². The van der Waals surface area contributed by atoms with E-state index in [1.54, 1.807) is 0 Å². The summed E-state index contributed by atoms with van der Waals surface area (Å²) in [6, 6.07) is 20.8. The zero-order chi connectivity index (χ0) is 57.6. The third kappa shape index (κ3) is 11.8. The highest BCUT2D eigenvalue weighted by Gasteiger charge is 2.58. The van der Waals surface area contributed by atoms with Gasteiger partial charge in [-0.1, -0.05) is 150 Å². The van der Waals surface area contributed by atoms with Crippen LogP contribution in [-0.2, 0) is 64.2 Å². The number of carbonyl (C=O) groups excluding carboxylic acids is 3. The first-order valence-electron chi connectivity index (χ1n) is 30.0. The number of esters is 1. The lowest BCUT2D eigenvalue weighted by atomic mass is 9.49. The first-order chi connectivity index (χ1) is 36.3. The van der Waals surface area contributed by atoms with Crippen molar-refractivity contribution in [3.05, 3.63) is 105 Å². The van der Waals surface area contributed by atoms with Gasteiger partial charge in [-0.3, -0.25) is 24.0 Å². The van der Waals surface area contributed by atoms with E-state index in [1.807, 2.05) is 34.6 Å². The van der Waals surface area contributed by atoms with Gasteiger partial charge in [0.25, 0.3) is 0 Å². The van der Waals surface area contributed by atoms with Gasteiger partial charge in [-0.15, -0.1) is 0 Å². The molecule has 3 fully saturated rings. The van der Waals surface area contributed by atoms with Crippen LogP contribution in [-0.4, -0.2) is 58.6 Å². The van der Waals surface area contributed by atoms with Crippen molar-refractivity contribution in [1.29, 1.82) is 0 Å². The molecule has 3 saturated carbocycles. The molecule has 6 aliphatic carbocycles. The minimum absolute atomic E-state index is 0.000643. The summed E-state index contributed by atoms with van der Waals surface area (Å²) in [5.41, 5.74) is 10.7. The van der Waals surface area contributed by atoms with Crippen molar-refractivity contribution in [2.24, 2.45) is 34.0 Å². The number of carboxylic acid groups (broad SMARTS) is 2. The Morgan fingerprint density at radius 1 is 0.513 bits per heavy atom. The van der Waals surface area contributed by atoms with Crippen LogP contribution in [0.15, 0.2) is 54.6 Å². The lowest BCUT2D eigenvalue weighted by Gasteiger charge is -2.54. The summed E-state index contributed by atoms with van der Waals surface area (Å²) < 4.78 is 5.36. The van der Waals surface area contributed by atoms with E-state index in [0.717, 1.165) is 96.3 Å². The van der Waals surface area contributed by atoms with E-state index in [2.05, 4.69) is 134 Å². The highest BCUT2D eigenvalue weighted by molar-refractivity contribution is 5.87. The van der Waals surface area contributed by atoms with E-state index >= 15 is 0 Å². The zero-order valence-electron chi connectivity index (χ0n) is 50.5. The highest BCUT2D eigenvalue weighted by Crippen LogP contribution is 2.60. The van der Waals surface area contributed by atoms with Crippen LogP contribution < -0.4 is 10.6 Å². The topological polar surface area (TPSA) is 159 Å². The van der Waals surface area contributed by atoms with Gasteiger partial charge in [0, 0.05) is 0 Å². The highest BCUT2D eigenvalue weighted by atomic mass is 16.6. The standard InChI is InChI=1S/C26H39NO3.C22H31NO3.C20H28O2/c1-17(2)18-9-11-20-19(15-18)10-12-21-25(20,6)13-8-14-26(21,7)23(29)27-16-22(28)30-24(3,4)5;1-14(2)15-6-8-17-16(12-15)7-9-18-21(17,3)10-5-11-22(18,4)20(26)23-13-19(24)25;1-13(2)14-6-8-16-15(12-14)7-9-17-19(16,3)10-5-11-20(17,4)18(21)22/h9,11,15,17,21H,8,10,12-14,16H2,1-7H3,(H,27,29);6,8,12,14,18H,5,7,9-11,13H2,1-4H3,(H,23,26)(H,24,25);6,8,12-13,17H,5,7,9-11H2,1-4H3,(H,21,22)/t21-,25-,26-;18-,21-,22-;17-,19-,20-/m111/s1. The Bertz CT molecular complexity index is 2730. The van der Waals surface area contributed by atoms with Crippen LogP contribution in [0.2, 0.25) is 0 Å². The minimum atomic E-state index is -0.990. The maximum Gasteiger partial charge on any atom is 0.325 e. The number of hydrogen-bond acceptors (Lipinski definition) is 6. The fourth-order valence-corrected chi connectivity index (χ4v) is 16.5. The van der Waals surface area contributed by atoms with Gasteiger partial charge in [0.2, 0.25) is 11.8 Å². The Balaban J connectivity index is 0.000000172. The van der Waals surface area contributed by atoms with Crippen LogP contribution >= 0.6 is 0 Å². The molecule has 9 rings (SSSR count). The first-order valence-corrected chi connectivity index (χ1v) is 30.0. The number of nitrogens with one attached hydrogen (secondary N) is 2. The SMILES string of the molecule is CC(C)c1ccc2c(c1)CC[C@H]1[C@](C)(C(=O)NCC(=O)O)CCC[C@]21C.CC(C)c1ccc2c(c1)CC[C@H]1[C@](C)(C(=O)NCC(=O)OC(C)(C)C)CCC[C@]21C.CC(C)c1ccc2c(c1)CC[C@H]1[C@](C)(C(=O)O)CCC[C@]21C. The Hall–Kier alpha value is -4.99. The molecule has 2 amide bonds. The maximum atomic E-state index is 13.3. The van der Waals surface area contributed by atoms with E-state index in [9.17, 15) is 29.1 Å². The van der Waals surface area contributed by atoms with E-state index in [1.165, 1.54) is 50.1 Å². The van der Waals surface area contributed by atoms with Gasteiger partial charge in [-0.2, -0.15) is 0 Å². The summed E-state index contributed by atoms with van der Waals surface area (Å²) >= 11 is 0. The average molecular weight is 1070 g/mol. The molecule has 0 heterocycles. The predicted molar refractivity (Wildman–Crippen MR) is 312 cm³/mol. The number of hydrogen-bond donors (Lipinski definition) is 4. The van der Waals surface area contributed by atoms with Crippen LogP contribution in [0.3, 0.4) is 0 Å². The second kappa shape index (κ2) is 22.9. The van der Waals surface area contributed by atoms with Crippen LogP contribution in [0.4, 0.5) is 0 Å². The molecule has 4 N–H and O–H groups in total. The Morgan fingerprint density at radius 2 is 0.833 bits per heavy atom. The Kier molecular flexibility index (Phi) is 17.8. The number of fused-ring (bicyclic) bond motifs is 9. The number of amides is 2. The lowest BCUT2D eigenvalue weighted by Crippen LogP contribution is -2.55. The lowest BCUT2D eigenvalue weighted by molar-refractivity contribution is -0.157. The summed E-state index contributed by atoms with van der Waals surface area (Å²) in [5, 5.41) is 24.3. The van der Waals surface area contributed by atoms with Gasteiger partial charge in [-0.25, -0.2) is 0 Å². The maximum absolute atomic E-state index is 13.3. The van der Waals surface area contributed by atoms with E-state index in [0.29, 0.717) is 17.8 Å². The van der Waals surface area contributed by atoms with Gasteiger partial charge < -0.3 is 25.6 Å². The number of aryl methyl sites for hydroxylation is 3. The molecule has 78 heavy (non-hydrogen) atoms. The molecule has 0 saturated heterocycles. The second-order valence-electron chi connectivity index (χ2n) is 28.2. The molecule has 0 bridgehead atoms. The first kappa shape index (κ1) is 60.6. The average Bonchev–Trinajstić information content (AvgIpc) is 3.57. The minimum Gasteiger partial charge on any atom is -0.481 e. The third-order valence-electron chi connectivity index (χ3n) is 20.9. The molecule has 0 radical (unpaired) electrons. The number of aliphatic carboxylic acids is 2. The quantitative estimate of drug-likeness (QED) is 0.146. The summed E-state index contributed by atoms with van der Waals surface area (Å²) in [4.78, 5) is 61.1. The summed E-state index contributed by atoms with van der Waals surface area (Å²) in [5.74, 6) is 0.277. The molecule has 0 aromatic heterocycles.